The smallest absolute Gasteiger partial charge is 0.262 e. The maximum Gasteiger partial charge on any atom is 0.262 e. The fourth-order valence-electron chi connectivity index (χ4n) is 2.59. The molecule has 1 saturated heterocycles. The van der Waals surface area contributed by atoms with E-state index >= 15 is 0 Å². The minimum absolute atomic E-state index is 0.0697. The number of carbonyl (C=O) groups is 1. The van der Waals surface area contributed by atoms with Gasteiger partial charge in [0.25, 0.3) is 5.56 Å². The average Bonchev–Trinajstić information content (AvgIpc) is 2.98. The number of aliphatic imine (C=N–C) groups is 1. The van der Waals surface area contributed by atoms with Crippen molar-refractivity contribution in [1.82, 2.24) is 14.5 Å². The number of para-hydroxylation sites is 2. The summed E-state index contributed by atoms with van der Waals surface area (Å²) in [5, 5.41) is 1.13. The maximum atomic E-state index is 12.6. The topological polar surface area (TPSA) is 67.6 Å². The highest BCUT2D eigenvalue weighted by molar-refractivity contribution is 8.15. The number of fused-ring (bicyclic) bond motifs is 1. The van der Waals surface area contributed by atoms with E-state index in [2.05, 4.69) is 9.98 Å². The number of carbonyl (C=O) groups excluding carboxylic acids is 1. The molecule has 6 nitrogen and oxygen atoms in total. The SMILES string of the molecule is O=C1CSC(=Nc2ccccc2)N1Cn1cnc2ccccc2c1=O. The summed E-state index contributed by atoms with van der Waals surface area (Å²) in [6, 6.07) is 16.6. The van der Waals surface area contributed by atoms with Crippen molar-refractivity contribution in [2.45, 2.75) is 6.67 Å². The first-order valence-electron chi connectivity index (χ1n) is 7.73. The van der Waals surface area contributed by atoms with Crippen molar-refractivity contribution in [1.29, 1.82) is 0 Å². The van der Waals surface area contributed by atoms with Gasteiger partial charge in [-0.3, -0.25) is 19.1 Å². The maximum absolute atomic E-state index is 12.6. The van der Waals surface area contributed by atoms with Gasteiger partial charge in [0.2, 0.25) is 5.91 Å². The molecule has 1 aliphatic rings. The number of benzene rings is 2. The highest BCUT2D eigenvalue weighted by Crippen LogP contribution is 2.23. The summed E-state index contributed by atoms with van der Waals surface area (Å²) in [7, 11) is 0. The molecule has 3 aromatic rings. The van der Waals surface area contributed by atoms with Gasteiger partial charge in [0.1, 0.15) is 6.67 Å². The normalized spacial score (nSPS) is 16.1. The Hall–Kier alpha value is -2.93. The molecule has 0 radical (unpaired) electrons. The Morgan fingerprint density at radius 2 is 1.80 bits per heavy atom. The number of hydrogen-bond donors (Lipinski definition) is 0. The lowest BCUT2D eigenvalue weighted by Gasteiger charge is -2.17. The summed E-state index contributed by atoms with van der Waals surface area (Å²) < 4.78 is 1.44. The number of rotatable bonds is 3. The molecule has 0 spiro atoms. The molecule has 0 atom stereocenters. The fraction of sp³-hybridized carbons (Fsp3) is 0.111. The van der Waals surface area contributed by atoms with Gasteiger partial charge in [0.05, 0.1) is 28.7 Å². The van der Waals surface area contributed by atoms with Gasteiger partial charge in [0, 0.05) is 0 Å². The van der Waals surface area contributed by atoms with Gasteiger partial charge in [-0.1, -0.05) is 42.1 Å². The molecule has 2 aromatic carbocycles. The number of hydrogen-bond acceptors (Lipinski definition) is 5. The molecule has 2 heterocycles. The highest BCUT2D eigenvalue weighted by Gasteiger charge is 2.28. The molecular weight excluding hydrogens is 336 g/mol. The Kier molecular flexibility index (Phi) is 4.07. The van der Waals surface area contributed by atoms with E-state index in [9.17, 15) is 9.59 Å². The van der Waals surface area contributed by atoms with E-state index in [0.29, 0.717) is 21.8 Å². The van der Waals surface area contributed by atoms with Crippen LogP contribution in [0.4, 0.5) is 5.69 Å². The van der Waals surface area contributed by atoms with Crippen molar-refractivity contribution in [3.05, 3.63) is 71.3 Å². The predicted octanol–water partition coefficient (Wildman–Crippen LogP) is 2.62. The van der Waals surface area contributed by atoms with Crippen LogP contribution in [0.3, 0.4) is 0 Å². The zero-order valence-electron chi connectivity index (χ0n) is 13.2. The Bertz CT molecular complexity index is 1030. The molecule has 0 unspecified atom stereocenters. The Balaban J connectivity index is 1.69. The number of nitrogens with zero attached hydrogens (tertiary/aromatic N) is 4. The van der Waals surface area contributed by atoms with E-state index in [1.807, 2.05) is 36.4 Å². The van der Waals surface area contributed by atoms with E-state index in [-0.39, 0.29) is 18.1 Å². The zero-order chi connectivity index (χ0) is 17.2. The zero-order valence-corrected chi connectivity index (χ0v) is 14.0. The van der Waals surface area contributed by atoms with Crippen LogP contribution < -0.4 is 5.56 Å². The quantitative estimate of drug-likeness (QED) is 0.728. The van der Waals surface area contributed by atoms with Crippen molar-refractivity contribution in [2.24, 2.45) is 4.99 Å². The van der Waals surface area contributed by atoms with Crippen LogP contribution in [0.5, 0.6) is 0 Å². The van der Waals surface area contributed by atoms with E-state index in [1.54, 1.807) is 18.2 Å². The van der Waals surface area contributed by atoms with Gasteiger partial charge >= 0.3 is 0 Å². The van der Waals surface area contributed by atoms with Crippen LogP contribution in [0.15, 0.2) is 70.7 Å². The van der Waals surface area contributed by atoms with Crippen molar-refractivity contribution in [3.63, 3.8) is 0 Å². The first-order valence-corrected chi connectivity index (χ1v) is 8.72. The molecule has 4 rings (SSSR count). The van der Waals surface area contributed by atoms with Crippen LogP contribution in [0, 0.1) is 0 Å². The predicted molar refractivity (Wildman–Crippen MR) is 98.8 cm³/mol. The number of thioether (sulfide) groups is 1. The monoisotopic (exact) mass is 350 g/mol. The van der Waals surface area contributed by atoms with Crippen LogP contribution >= 0.6 is 11.8 Å². The van der Waals surface area contributed by atoms with Gasteiger partial charge in [-0.25, -0.2) is 9.98 Å². The van der Waals surface area contributed by atoms with Gasteiger partial charge < -0.3 is 0 Å². The van der Waals surface area contributed by atoms with E-state index in [0.717, 1.165) is 5.69 Å². The van der Waals surface area contributed by atoms with Crippen molar-refractivity contribution in [2.75, 3.05) is 5.75 Å². The Labute approximate surface area is 147 Å². The second-order valence-electron chi connectivity index (χ2n) is 5.52. The average molecular weight is 350 g/mol. The summed E-state index contributed by atoms with van der Waals surface area (Å²) >= 11 is 1.37. The van der Waals surface area contributed by atoms with Crippen molar-refractivity contribution < 1.29 is 4.79 Å². The minimum atomic E-state index is -0.172. The molecule has 0 aliphatic carbocycles. The summed E-state index contributed by atoms with van der Waals surface area (Å²) in [6.45, 7) is 0.105. The summed E-state index contributed by atoms with van der Waals surface area (Å²) in [6.07, 6.45) is 1.47. The standard InChI is InChI=1S/C18H14N4O2S/c23-16-10-25-18(20-13-6-2-1-3-7-13)22(16)12-21-11-19-15-9-5-4-8-14(15)17(21)24/h1-9,11H,10,12H2. The molecule has 0 N–H and O–H groups in total. The lowest BCUT2D eigenvalue weighted by atomic mass is 10.2. The largest absolute Gasteiger partial charge is 0.280 e. The van der Waals surface area contributed by atoms with Crippen molar-refractivity contribution in [3.8, 4) is 0 Å². The molecule has 1 aromatic heterocycles. The molecule has 25 heavy (non-hydrogen) atoms. The molecule has 1 aliphatic heterocycles. The highest BCUT2D eigenvalue weighted by atomic mass is 32.2. The number of aromatic nitrogens is 2. The third-order valence-corrected chi connectivity index (χ3v) is 4.82. The Morgan fingerprint density at radius 1 is 1.04 bits per heavy atom. The molecule has 0 saturated carbocycles. The second kappa shape index (κ2) is 6.52. The lowest BCUT2D eigenvalue weighted by Crippen LogP contribution is -2.36. The Morgan fingerprint density at radius 3 is 2.64 bits per heavy atom. The molecule has 124 valence electrons. The van der Waals surface area contributed by atoms with Crippen molar-refractivity contribution >= 4 is 39.4 Å². The number of amidine groups is 1. The van der Waals surface area contributed by atoms with Crippen LogP contribution in [0.2, 0.25) is 0 Å². The summed E-state index contributed by atoms with van der Waals surface area (Å²) in [5.41, 5.74) is 1.24. The van der Waals surface area contributed by atoms with Gasteiger partial charge in [0.15, 0.2) is 5.17 Å². The molecular formula is C18H14N4O2S. The number of amides is 1. The first-order chi connectivity index (χ1) is 12.2. The fourth-order valence-corrected chi connectivity index (χ4v) is 3.49. The minimum Gasteiger partial charge on any atom is -0.280 e. The van der Waals surface area contributed by atoms with Crippen LogP contribution in [-0.2, 0) is 11.5 Å². The van der Waals surface area contributed by atoms with Gasteiger partial charge in [-0.2, -0.15) is 0 Å². The second-order valence-corrected chi connectivity index (χ2v) is 6.46. The van der Waals surface area contributed by atoms with Crippen LogP contribution in [0.1, 0.15) is 0 Å². The van der Waals surface area contributed by atoms with E-state index in [4.69, 9.17) is 0 Å². The van der Waals surface area contributed by atoms with Gasteiger partial charge in [-0.15, -0.1) is 0 Å². The lowest BCUT2D eigenvalue weighted by molar-refractivity contribution is -0.125. The summed E-state index contributed by atoms with van der Waals surface area (Å²) in [5.74, 6) is 0.251. The third kappa shape index (κ3) is 3.06. The van der Waals surface area contributed by atoms with Crippen LogP contribution in [-0.4, -0.2) is 31.3 Å². The van der Waals surface area contributed by atoms with Crippen LogP contribution in [0.25, 0.3) is 10.9 Å². The van der Waals surface area contributed by atoms with E-state index in [1.165, 1.54) is 27.6 Å². The molecule has 0 bridgehead atoms. The van der Waals surface area contributed by atoms with E-state index < -0.39 is 0 Å². The summed E-state index contributed by atoms with van der Waals surface area (Å²) in [4.78, 5) is 35.2. The molecule has 1 amide bonds. The third-order valence-electron chi connectivity index (χ3n) is 3.86. The molecule has 1 fully saturated rings. The van der Waals surface area contributed by atoms with Gasteiger partial charge in [-0.05, 0) is 24.3 Å². The first kappa shape index (κ1) is 15.6. The molecule has 7 heteroatoms.